The third-order valence-electron chi connectivity index (χ3n) is 5.96. The summed E-state index contributed by atoms with van der Waals surface area (Å²) in [5.41, 5.74) is 9.42. The van der Waals surface area contributed by atoms with Crippen molar-refractivity contribution in [3.63, 3.8) is 0 Å². The zero-order chi connectivity index (χ0) is 25.5. The Balaban J connectivity index is 1.47. The van der Waals surface area contributed by atoms with Gasteiger partial charge < -0.3 is 31.4 Å². The lowest BCUT2D eigenvalue weighted by molar-refractivity contribution is -0.142. The molecule has 0 saturated heterocycles. The van der Waals surface area contributed by atoms with Gasteiger partial charge >= 0.3 is 5.97 Å². The molecule has 2 aromatic heterocycles. The molecule has 7 N–H and O–H groups in total. The number of carbonyl (C=O) groups is 3. The highest BCUT2D eigenvalue weighted by Gasteiger charge is 2.29. The molecule has 0 spiro atoms. The summed E-state index contributed by atoms with van der Waals surface area (Å²) in [5.74, 6) is -2.31. The molecular formula is C26H28N6O4. The molecule has 4 aromatic rings. The van der Waals surface area contributed by atoms with Crippen molar-refractivity contribution in [3.8, 4) is 0 Å². The van der Waals surface area contributed by atoms with E-state index in [9.17, 15) is 19.5 Å². The van der Waals surface area contributed by atoms with Gasteiger partial charge in [-0.25, -0.2) is 9.78 Å². The van der Waals surface area contributed by atoms with Crippen molar-refractivity contribution in [3.05, 3.63) is 90.1 Å². The molecule has 0 fully saturated rings. The van der Waals surface area contributed by atoms with Crippen LogP contribution in [-0.2, 0) is 33.6 Å². The second-order valence-corrected chi connectivity index (χ2v) is 8.60. The number of aliphatic carboxylic acids is 1. The predicted octanol–water partition coefficient (Wildman–Crippen LogP) is 1.30. The van der Waals surface area contributed by atoms with Crippen LogP contribution in [0.1, 0.15) is 16.8 Å². The van der Waals surface area contributed by atoms with E-state index in [-0.39, 0.29) is 19.3 Å². The minimum Gasteiger partial charge on any atom is -0.480 e. The van der Waals surface area contributed by atoms with Crippen LogP contribution in [0.4, 0.5) is 0 Å². The fraction of sp³-hybridized carbons (Fsp3) is 0.231. The standard InChI is InChI=1S/C26H28N6O4/c27-20(11-17-13-29-21-9-5-4-8-19(17)21)24(33)31-22(10-16-6-2-1-3-7-16)25(34)32-23(26(35)36)12-18-14-28-15-30-18/h1-9,13-15,20,22-23,29H,10-12,27H2,(H,28,30)(H,31,33)(H,32,34)(H,35,36)/t20-,22-,23-/m0/s1. The molecule has 2 heterocycles. The summed E-state index contributed by atoms with van der Waals surface area (Å²) in [6.07, 6.45) is 5.21. The molecular weight excluding hydrogens is 460 g/mol. The molecule has 0 aliphatic heterocycles. The van der Waals surface area contributed by atoms with Crippen molar-refractivity contribution in [1.29, 1.82) is 0 Å². The van der Waals surface area contributed by atoms with Gasteiger partial charge in [0.15, 0.2) is 0 Å². The van der Waals surface area contributed by atoms with Gasteiger partial charge in [-0.1, -0.05) is 48.5 Å². The first-order valence-electron chi connectivity index (χ1n) is 11.6. The first-order valence-corrected chi connectivity index (χ1v) is 11.6. The smallest absolute Gasteiger partial charge is 0.326 e. The zero-order valence-electron chi connectivity index (χ0n) is 19.5. The number of H-pyrrole nitrogens is 2. The second kappa shape index (κ2) is 11.3. The lowest BCUT2D eigenvalue weighted by Gasteiger charge is -2.23. The SMILES string of the molecule is N[C@@H](Cc1c[nH]c2ccccc12)C(=O)N[C@@H](Cc1ccccc1)C(=O)N[C@@H](Cc1cnc[nH]1)C(=O)O. The molecule has 10 heteroatoms. The van der Waals surface area contributed by atoms with E-state index in [1.165, 1.54) is 12.5 Å². The van der Waals surface area contributed by atoms with E-state index in [4.69, 9.17) is 5.73 Å². The van der Waals surface area contributed by atoms with E-state index in [0.29, 0.717) is 5.69 Å². The maximum atomic E-state index is 13.2. The number of carboxylic acid groups (broad SMARTS) is 1. The summed E-state index contributed by atoms with van der Waals surface area (Å²) in [5, 5.41) is 15.9. The predicted molar refractivity (Wildman–Crippen MR) is 134 cm³/mol. The number of aromatic amines is 2. The van der Waals surface area contributed by atoms with Crippen molar-refractivity contribution >= 4 is 28.7 Å². The van der Waals surface area contributed by atoms with Crippen molar-refractivity contribution < 1.29 is 19.5 Å². The number of aromatic nitrogens is 3. The third kappa shape index (κ3) is 6.16. The summed E-state index contributed by atoms with van der Waals surface area (Å²) >= 11 is 0. The number of amides is 2. The highest BCUT2D eigenvalue weighted by molar-refractivity contribution is 5.92. The normalized spacial score (nSPS) is 13.6. The van der Waals surface area contributed by atoms with Crippen LogP contribution in [0.3, 0.4) is 0 Å². The number of nitrogens with zero attached hydrogens (tertiary/aromatic N) is 1. The molecule has 0 aliphatic carbocycles. The van der Waals surface area contributed by atoms with Gasteiger partial charge in [0.25, 0.3) is 0 Å². The van der Waals surface area contributed by atoms with E-state index in [0.717, 1.165) is 22.0 Å². The number of fused-ring (bicyclic) bond motifs is 1. The highest BCUT2D eigenvalue weighted by atomic mass is 16.4. The topological polar surface area (TPSA) is 166 Å². The summed E-state index contributed by atoms with van der Waals surface area (Å²) < 4.78 is 0. The molecule has 3 atom stereocenters. The van der Waals surface area contributed by atoms with Crippen LogP contribution in [0.2, 0.25) is 0 Å². The van der Waals surface area contributed by atoms with E-state index < -0.39 is 35.9 Å². The van der Waals surface area contributed by atoms with Gasteiger partial charge in [0.2, 0.25) is 11.8 Å². The number of nitrogens with one attached hydrogen (secondary N) is 4. The van der Waals surface area contributed by atoms with Crippen LogP contribution in [0.25, 0.3) is 10.9 Å². The number of carboxylic acids is 1. The number of hydrogen-bond donors (Lipinski definition) is 6. The number of nitrogens with two attached hydrogens (primary N) is 1. The number of carbonyl (C=O) groups excluding carboxylic acids is 2. The van der Waals surface area contributed by atoms with Crippen molar-refractivity contribution in [2.45, 2.75) is 37.4 Å². The first-order chi connectivity index (χ1) is 17.4. The minimum absolute atomic E-state index is 0.0210. The Hall–Kier alpha value is -4.44. The summed E-state index contributed by atoms with van der Waals surface area (Å²) in [6, 6.07) is 13.7. The number of benzene rings is 2. The van der Waals surface area contributed by atoms with Crippen molar-refractivity contribution in [2.75, 3.05) is 0 Å². The van der Waals surface area contributed by atoms with Crippen LogP contribution in [-0.4, -0.2) is 56.0 Å². The Morgan fingerprint density at radius 3 is 2.33 bits per heavy atom. The molecule has 0 saturated carbocycles. The van der Waals surface area contributed by atoms with Gasteiger partial charge in [0, 0.05) is 41.8 Å². The monoisotopic (exact) mass is 488 g/mol. The van der Waals surface area contributed by atoms with E-state index in [1.54, 1.807) is 0 Å². The number of rotatable bonds is 11. The van der Waals surface area contributed by atoms with E-state index in [1.807, 2.05) is 60.8 Å². The third-order valence-corrected chi connectivity index (χ3v) is 5.96. The molecule has 0 aliphatic rings. The fourth-order valence-corrected chi connectivity index (χ4v) is 4.06. The van der Waals surface area contributed by atoms with Crippen molar-refractivity contribution in [2.24, 2.45) is 5.73 Å². The van der Waals surface area contributed by atoms with Gasteiger partial charge in [-0.15, -0.1) is 0 Å². The van der Waals surface area contributed by atoms with Gasteiger partial charge in [-0.05, 0) is 23.6 Å². The lowest BCUT2D eigenvalue weighted by Crippen LogP contribution is -2.55. The molecule has 0 radical (unpaired) electrons. The summed E-state index contributed by atoms with van der Waals surface area (Å²) in [4.78, 5) is 47.9. The Kier molecular flexibility index (Phi) is 7.76. The van der Waals surface area contributed by atoms with Crippen LogP contribution < -0.4 is 16.4 Å². The van der Waals surface area contributed by atoms with Crippen LogP contribution >= 0.6 is 0 Å². The minimum atomic E-state index is -1.20. The van der Waals surface area contributed by atoms with Gasteiger partial charge in [0.05, 0.1) is 12.4 Å². The maximum absolute atomic E-state index is 13.2. The first kappa shape index (κ1) is 24.7. The Labute approximate surface area is 207 Å². The maximum Gasteiger partial charge on any atom is 0.326 e. The summed E-state index contributed by atoms with van der Waals surface area (Å²) in [6.45, 7) is 0. The Bertz CT molecular complexity index is 1320. The fourth-order valence-electron chi connectivity index (χ4n) is 4.06. The van der Waals surface area contributed by atoms with Gasteiger partial charge in [0.1, 0.15) is 12.1 Å². The summed E-state index contributed by atoms with van der Waals surface area (Å²) in [7, 11) is 0. The Morgan fingerprint density at radius 1 is 0.889 bits per heavy atom. The van der Waals surface area contributed by atoms with Crippen LogP contribution in [0.5, 0.6) is 0 Å². The molecule has 36 heavy (non-hydrogen) atoms. The van der Waals surface area contributed by atoms with E-state index >= 15 is 0 Å². The average Bonchev–Trinajstić information content (AvgIpc) is 3.54. The Morgan fingerprint density at radius 2 is 1.61 bits per heavy atom. The largest absolute Gasteiger partial charge is 0.480 e. The number of imidazole rings is 1. The van der Waals surface area contributed by atoms with Gasteiger partial charge in [-0.3, -0.25) is 9.59 Å². The van der Waals surface area contributed by atoms with Crippen LogP contribution in [0.15, 0.2) is 73.3 Å². The molecule has 186 valence electrons. The highest BCUT2D eigenvalue weighted by Crippen LogP contribution is 2.19. The number of hydrogen-bond acceptors (Lipinski definition) is 5. The molecule has 0 unspecified atom stereocenters. The zero-order valence-corrected chi connectivity index (χ0v) is 19.5. The molecule has 2 amide bonds. The number of para-hydroxylation sites is 1. The lowest BCUT2D eigenvalue weighted by atomic mass is 10.0. The molecule has 2 aromatic carbocycles. The average molecular weight is 489 g/mol. The molecule has 0 bridgehead atoms. The van der Waals surface area contributed by atoms with E-state index in [2.05, 4.69) is 25.6 Å². The van der Waals surface area contributed by atoms with Crippen LogP contribution in [0, 0.1) is 0 Å². The van der Waals surface area contributed by atoms with Gasteiger partial charge in [-0.2, -0.15) is 0 Å². The quantitative estimate of drug-likeness (QED) is 0.186. The molecule has 10 nitrogen and oxygen atoms in total. The van der Waals surface area contributed by atoms with Crippen molar-refractivity contribution in [1.82, 2.24) is 25.6 Å². The second-order valence-electron chi connectivity index (χ2n) is 8.60. The molecule has 4 rings (SSSR count).